The molecule has 6 heteroatoms. The lowest BCUT2D eigenvalue weighted by molar-refractivity contribution is -0.459. The van der Waals surface area contributed by atoms with E-state index in [1.807, 2.05) is 45.0 Å². The minimum atomic E-state index is -2.26. The van der Waals surface area contributed by atoms with E-state index < -0.39 is 47.5 Å². The number of aliphatic hydroxyl groups is 6. The number of rotatable bonds is 8. The third kappa shape index (κ3) is 2.90. The lowest BCUT2D eigenvalue weighted by Crippen LogP contribution is -2.99. The first kappa shape index (κ1) is 25.3. The van der Waals surface area contributed by atoms with E-state index in [0.29, 0.717) is 11.1 Å². The second-order valence-electron chi connectivity index (χ2n) is 9.94. The second-order valence-corrected chi connectivity index (χ2v) is 9.94. The summed E-state index contributed by atoms with van der Waals surface area (Å²) in [5, 5.41) is 67.2. The zero-order valence-corrected chi connectivity index (χ0v) is 20.5. The molecule has 2 aliphatic carbocycles. The summed E-state index contributed by atoms with van der Waals surface area (Å²) in [6.07, 6.45) is 0.0917. The first-order chi connectivity index (χ1) is 16.1. The predicted molar refractivity (Wildman–Crippen MR) is 130 cm³/mol. The Morgan fingerprint density at radius 2 is 1.24 bits per heavy atom. The van der Waals surface area contributed by atoms with Crippen molar-refractivity contribution in [2.24, 2.45) is 0 Å². The van der Waals surface area contributed by atoms with Gasteiger partial charge >= 0.3 is 0 Å². The van der Waals surface area contributed by atoms with Crippen molar-refractivity contribution < 1.29 is 30.6 Å². The van der Waals surface area contributed by atoms with Gasteiger partial charge in [0.15, 0.2) is 0 Å². The largest absolute Gasteiger partial charge is 0.394 e. The van der Waals surface area contributed by atoms with E-state index in [1.165, 1.54) is 0 Å². The van der Waals surface area contributed by atoms with Gasteiger partial charge in [0, 0.05) is 5.92 Å². The SMILES string of the molecule is CCc1ccc(C2C(O)[C@@]3(O)C(c4ccc(CC)c(CC)c4)[C@@](O)([C@H](O)CO)[C@@]23O)cc1CC. The summed E-state index contributed by atoms with van der Waals surface area (Å²) in [6.45, 7) is 7.34. The maximum Gasteiger partial charge on any atom is 0.138 e. The van der Waals surface area contributed by atoms with E-state index in [0.717, 1.165) is 47.9 Å². The molecule has 186 valence electrons. The van der Waals surface area contributed by atoms with Crippen molar-refractivity contribution in [2.75, 3.05) is 6.61 Å². The quantitative estimate of drug-likeness (QED) is 0.350. The van der Waals surface area contributed by atoms with Crippen molar-refractivity contribution in [2.45, 2.75) is 94.2 Å². The molecule has 0 aliphatic heterocycles. The molecule has 0 aromatic heterocycles. The van der Waals surface area contributed by atoms with Gasteiger partial charge in [-0.3, -0.25) is 0 Å². The molecule has 2 aliphatic rings. The highest BCUT2D eigenvalue weighted by atomic mass is 16.5. The molecular formula is C28H38O6. The van der Waals surface area contributed by atoms with Crippen molar-refractivity contribution in [3.8, 4) is 0 Å². The summed E-state index contributed by atoms with van der Waals surface area (Å²) >= 11 is 0. The Morgan fingerprint density at radius 1 is 0.765 bits per heavy atom. The molecule has 2 saturated carbocycles. The van der Waals surface area contributed by atoms with Crippen LogP contribution in [0.3, 0.4) is 0 Å². The fourth-order valence-corrected chi connectivity index (χ4v) is 6.83. The van der Waals surface area contributed by atoms with Crippen LogP contribution in [-0.4, -0.2) is 66.3 Å². The molecule has 0 radical (unpaired) electrons. The standard InChI is InChI=1S/C28H38O6/c1-5-16-9-11-20(13-18(16)7-3)23-25(31)27(33)24(26(32,22(30)15-29)28(23,27)34)21-12-10-17(6-2)19(8-4)14-21/h9-14,22-25,29-34H,5-8,15H2,1-4H3/t22-,23?,24?,25?,26+,27+,28+/m1/s1. The Labute approximate surface area is 201 Å². The molecule has 0 heterocycles. The predicted octanol–water partition coefficient (Wildman–Crippen LogP) is 1.74. The van der Waals surface area contributed by atoms with Crippen LogP contribution in [0.5, 0.6) is 0 Å². The van der Waals surface area contributed by atoms with Gasteiger partial charge in [-0.2, -0.15) is 0 Å². The highest BCUT2D eigenvalue weighted by Gasteiger charge is 2.93. The van der Waals surface area contributed by atoms with Crippen LogP contribution in [0.1, 0.15) is 72.9 Å². The van der Waals surface area contributed by atoms with Gasteiger partial charge in [-0.1, -0.05) is 64.1 Å². The minimum Gasteiger partial charge on any atom is -0.394 e. The van der Waals surface area contributed by atoms with Gasteiger partial charge in [0.1, 0.15) is 22.9 Å². The first-order valence-corrected chi connectivity index (χ1v) is 12.5. The smallest absolute Gasteiger partial charge is 0.138 e. The van der Waals surface area contributed by atoms with E-state index in [2.05, 4.69) is 6.92 Å². The van der Waals surface area contributed by atoms with Crippen LogP contribution in [0.4, 0.5) is 0 Å². The molecule has 6 N–H and O–H groups in total. The molecule has 6 nitrogen and oxygen atoms in total. The molecular weight excluding hydrogens is 432 g/mol. The van der Waals surface area contributed by atoms with Gasteiger partial charge < -0.3 is 30.6 Å². The average molecular weight is 471 g/mol. The van der Waals surface area contributed by atoms with Crippen molar-refractivity contribution >= 4 is 0 Å². The summed E-state index contributed by atoms with van der Waals surface area (Å²) in [7, 11) is 0. The molecule has 7 atom stereocenters. The lowest BCUT2D eigenvalue weighted by atomic mass is 9.30. The zero-order valence-electron chi connectivity index (χ0n) is 20.5. The highest BCUT2D eigenvalue weighted by molar-refractivity contribution is 5.57. The number of aryl methyl sites for hydroxylation is 4. The van der Waals surface area contributed by atoms with E-state index in [1.54, 1.807) is 12.1 Å². The van der Waals surface area contributed by atoms with Crippen LogP contribution in [0.25, 0.3) is 0 Å². The molecule has 2 aromatic carbocycles. The summed E-state index contributed by atoms with van der Waals surface area (Å²) in [5.74, 6) is -2.19. The molecule has 2 aromatic rings. The summed E-state index contributed by atoms with van der Waals surface area (Å²) in [6, 6.07) is 11.2. The Kier molecular flexibility index (Phi) is 6.47. The van der Waals surface area contributed by atoms with Crippen molar-refractivity contribution in [3.05, 3.63) is 69.8 Å². The minimum absolute atomic E-state index is 0.518. The summed E-state index contributed by atoms with van der Waals surface area (Å²) in [5.41, 5.74) is -1.07. The maximum atomic E-state index is 11.8. The summed E-state index contributed by atoms with van der Waals surface area (Å²) < 4.78 is 0. The number of hydrogen-bond acceptors (Lipinski definition) is 6. The fraction of sp³-hybridized carbons (Fsp3) is 0.571. The summed E-state index contributed by atoms with van der Waals surface area (Å²) in [4.78, 5) is 0. The number of benzene rings is 2. The van der Waals surface area contributed by atoms with Crippen LogP contribution in [0, 0.1) is 0 Å². The third-order valence-electron chi connectivity index (χ3n) is 8.68. The second kappa shape index (κ2) is 8.70. The van der Waals surface area contributed by atoms with Crippen LogP contribution in [0.2, 0.25) is 0 Å². The molecule has 2 fully saturated rings. The Morgan fingerprint density at radius 3 is 1.71 bits per heavy atom. The van der Waals surface area contributed by atoms with Crippen molar-refractivity contribution in [3.63, 3.8) is 0 Å². The monoisotopic (exact) mass is 470 g/mol. The normalized spacial score (nSPS) is 35.3. The number of fused-ring (bicyclic) bond motifs is 1. The maximum absolute atomic E-state index is 11.8. The Hall–Kier alpha value is -1.80. The topological polar surface area (TPSA) is 121 Å². The van der Waals surface area contributed by atoms with Crippen LogP contribution < -0.4 is 0 Å². The molecule has 34 heavy (non-hydrogen) atoms. The van der Waals surface area contributed by atoms with Gasteiger partial charge in [-0.05, 0) is 59.1 Å². The first-order valence-electron chi connectivity index (χ1n) is 12.5. The molecule has 0 amide bonds. The van der Waals surface area contributed by atoms with Gasteiger partial charge in [0.25, 0.3) is 0 Å². The van der Waals surface area contributed by atoms with Crippen molar-refractivity contribution in [1.82, 2.24) is 0 Å². The van der Waals surface area contributed by atoms with Gasteiger partial charge in [-0.15, -0.1) is 0 Å². The Balaban J connectivity index is 1.84. The van der Waals surface area contributed by atoms with Gasteiger partial charge in [-0.25, -0.2) is 0 Å². The van der Waals surface area contributed by atoms with Gasteiger partial charge in [0.2, 0.25) is 0 Å². The number of aliphatic hydroxyl groups excluding tert-OH is 3. The zero-order chi connectivity index (χ0) is 25.1. The molecule has 4 rings (SSSR count). The molecule has 0 saturated heterocycles. The third-order valence-corrected chi connectivity index (χ3v) is 8.68. The molecule has 3 unspecified atom stereocenters. The fourth-order valence-electron chi connectivity index (χ4n) is 6.83. The number of hydrogen-bond donors (Lipinski definition) is 6. The average Bonchev–Trinajstić information content (AvgIpc) is 2.87. The van der Waals surface area contributed by atoms with Gasteiger partial charge in [0.05, 0.1) is 18.6 Å². The van der Waals surface area contributed by atoms with Crippen LogP contribution >= 0.6 is 0 Å². The van der Waals surface area contributed by atoms with Crippen LogP contribution in [0.15, 0.2) is 36.4 Å². The van der Waals surface area contributed by atoms with E-state index in [4.69, 9.17) is 0 Å². The van der Waals surface area contributed by atoms with E-state index >= 15 is 0 Å². The van der Waals surface area contributed by atoms with Crippen LogP contribution in [-0.2, 0) is 25.7 Å². The molecule has 0 bridgehead atoms. The molecule has 0 spiro atoms. The Bertz CT molecular complexity index is 1070. The highest BCUT2D eigenvalue weighted by Crippen LogP contribution is 2.75. The van der Waals surface area contributed by atoms with E-state index in [9.17, 15) is 30.6 Å². The lowest BCUT2D eigenvalue weighted by Gasteiger charge is -2.80. The van der Waals surface area contributed by atoms with Crippen molar-refractivity contribution in [1.29, 1.82) is 0 Å². The van der Waals surface area contributed by atoms with E-state index in [-0.39, 0.29) is 0 Å².